The Bertz CT molecular complexity index is 632. The van der Waals surface area contributed by atoms with Crippen LogP contribution in [0.25, 0.3) is 0 Å². The molecule has 1 aromatic rings. The van der Waals surface area contributed by atoms with Crippen LogP contribution in [0.1, 0.15) is 33.1 Å². The summed E-state index contributed by atoms with van der Waals surface area (Å²) < 4.78 is 31.9. The summed E-state index contributed by atoms with van der Waals surface area (Å²) in [6.45, 7) is 7.93. The van der Waals surface area contributed by atoms with Crippen LogP contribution in [-0.4, -0.2) is 61.5 Å². The Kier molecular flexibility index (Phi) is 5.56. The van der Waals surface area contributed by atoms with Crippen LogP contribution in [0.2, 0.25) is 0 Å². The zero-order chi connectivity index (χ0) is 18.9. The first-order chi connectivity index (χ1) is 12.3. The average Bonchev–Trinajstić information content (AvgIpc) is 2.60. The number of rotatable bonds is 4. The number of benzene rings is 1. The van der Waals surface area contributed by atoms with E-state index in [9.17, 15) is 13.9 Å². The molecule has 0 aromatic heterocycles. The minimum atomic E-state index is -0.803. The Morgan fingerprint density at radius 2 is 1.85 bits per heavy atom. The van der Waals surface area contributed by atoms with Crippen molar-refractivity contribution in [3.63, 3.8) is 0 Å². The molecule has 0 spiro atoms. The van der Waals surface area contributed by atoms with Gasteiger partial charge in [-0.2, -0.15) is 0 Å². The van der Waals surface area contributed by atoms with Crippen molar-refractivity contribution in [2.24, 2.45) is 5.41 Å². The number of aliphatic hydroxyl groups is 1. The summed E-state index contributed by atoms with van der Waals surface area (Å²) >= 11 is 0. The van der Waals surface area contributed by atoms with Crippen molar-refractivity contribution in [1.29, 1.82) is 0 Å². The van der Waals surface area contributed by atoms with Crippen LogP contribution in [-0.2, 0) is 4.74 Å². The molecule has 26 heavy (non-hydrogen) atoms. The predicted molar refractivity (Wildman–Crippen MR) is 98.4 cm³/mol. The lowest BCUT2D eigenvalue weighted by Gasteiger charge is -2.53. The Morgan fingerprint density at radius 3 is 2.42 bits per heavy atom. The highest BCUT2D eigenvalue weighted by Gasteiger charge is 2.48. The highest BCUT2D eigenvalue weighted by atomic mass is 19.2. The number of likely N-dealkylation sites (tertiary alicyclic amines) is 1. The van der Waals surface area contributed by atoms with Crippen LogP contribution in [0.15, 0.2) is 18.2 Å². The third-order valence-corrected chi connectivity index (χ3v) is 6.30. The van der Waals surface area contributed by atoms with Crippen LogP contribution >= 0.6 is 0 Å². The van der Waals surface area contributed by atoms with Crippen molar-refractivity contribution in [3.8, 4) is 0 Å². The molecule has 3 rings (SSSR count). The van der Waals surface area contributed by atoms with Gasteiger partial charge in [-0.3, -0.25) is 4.90 Å². The van der Waals surface area contributed by atoms with Crippen LogP contribution in [0.5, 0.6) is 0 Å². The lowest BCUT2D eigenvalue weighted by atomic mass is 9.70. The first kappa shape index (κ1) is 19.5. The van der Waals surface area contributed by atoms with Gasteiger partial charge in [-0.15, -0.1) is 0 Å². The van der Waals surface area contributed by atoms with Crippen molar-refractivity contribution in [3.05, 3.63) is 29.8 Å². The second-order valence-electron chi connectivity index (χ2n) is 8.39. The summed E-state index contributed by atoms with van der Waals surface area (Å²) in [5.74, 6) is -1.59. The van der Waals surface area contributed by atoms with Crippen molar-refractivity contribution < 1.29 is 18.6 Å². The fraction of sp³-hybridized carbons (Fsp3) is 0.700. The van der Waals surface area contributed by atoms with Gasteiger partial charge in [0.15, 0.2) is 11.6 Å². The van der Waals surface area contributed by atoms with Crippen molar-refractivity contribution in [2.45, 2.75) is 44.8 Å². The van der Waals surface area contributed by atoms with Crippen molar-refractivity contribution in [1.82, 2.24) is 4.90 Å². The standard InChI is InChI=1S/C20H30F2N2O2/c1-19(2)13-24(11-8-20(19,25)14-26-3)15-6-9-23(10-7-15)16-4-5-17(21)18(22)12-16/h4-5,12,15,25H,6-11,13-14H2,1-3H3/t20-/m1/s1. The zero-order valence-electron chi connectivity index (χ0n) is 16.0. The molecule has 1 aromatic carbocycles. The number of hydrogen-bond acceptors (Lipinski definition) is 4. The maximum Gasteiger partial charge on any atom is 0.160 e. The molecule has 2 saturated heterocycles. The summed E-state index contributed by atoms with van der Waals surface area (Å²) in [7, 11) is 1.63. The maximum absolute atomic E-state index is 13.5. The fourth-order valence-corrected chi connectivity index (χ4v) is 4.39. The van der Waals surface area contributed by atoms with Crippen LogP contribution in [0.3, 0.4) is 0 Å². The minimum absolute atomic E-state index is 0.238. The average molecular weight is 368 g/mol. The number of hydrogen-bond donors (Lipinski definition) is 1. The first-order valence-electron chi connectivity index (χ1n) is 9.41. The fourth-order valence-electron chi connectivity index (χ4n) is 4.39. The van der Waals surface area contributed by atoms with E-state index in [1.807, 2.05) is 0 Å². The number of ether oxygens (including phenoxy) is 1. The molecule has 2 aliphatic heterocycles. The predicted octanol–water partition coefficient (Wildman–Crippen LogP) is 3.04. The smallest absolute Gasteiger partial charge is 0.160 e. The largest absolute Gasteiger partial charge is 0.387 e. The van der Waals surface area contributed by atoms with Crippen LogP contribution in [0, 0.1) is 17.0 Å². The van der Waals surface area contributed by atoms with Gasteiger partial charge in [-0.1, -0.05) is 13.8 Å². The third kappa shape index (κ3) is 3.73. The number of nitrogens with zero attached hydrogens (tertiary/aromatic N) is 2. The van der Waals surface area contributed by atoms with Gasteiger partial charge in [0.05, 0.1) is 12.2 Å². The highest BCUT2D eigenvalue weighted by Crippen LogP contribution is 2.40. The Labute approximate surface area is 154 Å². The van der Waals surface area contributed by atoms with Crippen molar-refractivity contribution in [2.75, 3.05) is 44.8 Å². The Morgan fingerprint density at radius 1 is 1.15 bits per heavy atom. The topological polar surface area (TPSA) is 35.9 Å². The summed E-state index contributed by atoms with van der Waals surface area (Å²) in [6, 6.07) is 4.58. The third-order valence-electron chi connectivity index (χ3n) is 6.30. The highest BCUT2D eigenvalue weighted by molar-refractivity contribution is 5.47. The summed E-state index contributed by atoms with van der Waals surface area (Å²) in [5, 5.41) is 10.9. The SMILES string of the molecule is COC[C@]1(O)CCN(C2CCN(c3ccc(F)c(F)c3)CC2)CC1(C)C. The van der Waals surface area contributed by atoms with Gasteiger partial charge in [0.25, 0.3) is 0 Å². The van der Waals surface area contributed by atoms with E-state index in [2.05, 4.69) is 23.6 Å². The first-order valence-corrected chi connectivity index (χ1v) is 9.41. The molecule has 0 radical (unpaired) electrons. The van der Waals surface area contributed by atoms with E-state index in [1.54, 1.807) is 13.2 Å². The molecule has 146 valence electrons. The molecule has 1 atom stereocenters. The number of piperidine rings is 2. The Balaban J connectivity index is 1.59. The zero-order valence-corrected chi connectivity index (χ0v) is 16.0. The summed E-state index contributed by atoms with van der Waals surface area (Å²) in [4.78, 5) is 4.60. The monoisotopic (exact) mass is 368 g/mol. The maximum atomic E-state index is 13.5. The molecule has 1 N–H and O–H groups in total. The molecule has 4 nitrogen and oxygen atoms in total. The van der Waals surface area contributed by atoms with E-state index >= 15 is 0 Å². The van der Waals surface area contributed by atoms with E-state index in [1.165, 1.54) is 12.1 Å². The number of anilines is 1. The summed E-state index contributed by atoms with van der Waals surface area (Å²) in [6.07, 6.45) is 2.67. The molecule has 0 saturated carbocycles. The van der Waals surface area contributed by atoms with Gasteiger partial charge in [0.1, 0.15) is 0 Å². The van der Waals surface area contributed by atoms with E-state index in [0.717, 1.165) is 44.7 Å². The summed E-state index contributed by atoms with van der Waals surface area (Å²) in [5.41, 5.74) is -0.279. The van der Waals surface area contributed by atoms with Gasteiger partial charge in [-0.25, -0.2) is 8.78 Å². The normalized spacial score (nSPS) is 27.7. The van der Waals surface area contributed by atoms with Gasteiger partial charge >= 0.3 is 0 Å². The van der Waals surface area contributed by atoms with Crippen LogP contribution < -0.4 is 4.90 Å². The van der Waals surface area contributed by atoms with E-state index < -0.39 is 17.2 Å². The molecular weight excluding hydrogens is 338 g/mol. The number of halogens is 2. The quantitative estimate of drug-likeness (QED) is 0.886. The van der Waals surface area contributed by atoms with E-state index in [-0.39, 0.29) is 5.41 Å². The molecule has 0 unspecified atom stereocenters. The van der Waals surface area contributed by atoms with Gasteiger partial charge < -0.3 is 14.7 Å². The molecule has 0 aliphatic carbocycles. The lowest BCUT2D eigenvalue weighted by molar-refractivity contribution is -0.156. The Hall–Kier alpha value is -1.24. The van der Waals surface area contributed by atoms with E-state index in [4.69, 9.17) is 4.74 Å². The molecule has 2 fully saturated rings. The molecule has 0 amide bonds. The molecular formula is C20H30F2N2O2. The molecule has 0 bridgehead atoms. The van der Waals surface area contributed by atoms with Crippen molar-refractivity contribution >= 4 is 5.69 Å². The number of methoxy groups -OCH3 is 1. The van der Waals surface area contributed by atoms with Gasteiger partial charge in [-0.05, 0) is 31.4 Å². The minimum Gasteiger partial charge on any atom is -0.387 e. The second kappa shape index (κ2) is 7.41. The van der Waals surface area contributed by atoms with Gasteiger partial charge in [0, 0.05) is 56.5 Å². The molecule has 2 aliphatic rings. The lowest BCUT2D eigenvalue weighted by Crippen LogP contribution is -2.62. The second-order valence-corrected chi connectivity index (χ2v) is 8.39. The van der Waals surface area contributed by atoms with E-state index in [0.29, 0.717) is 19.1 Å². The molecule has 2 heterocycles. The van der Waals surface area contributed by atoms with Crippen LogP contribution in [0.4, 0.5) is 14.5 Å². The molecule has 6 heteroatoms. The van der Waals surface area contributed by atoms with Gasteiger partial charge in [0.2, 0.25) is 0 Å².